The van der Waals surface area contributed by atoms with Crippen LogP contribution in [0.2, 0.25) is 0 Å². The summed E-state index contributed by atoms with van der Waals surface area (Å²) < 4.78 is 0. The van der Waals surface area contributed by atoms with Crippen molar-refractivity contribution >= 4 is 0 Å². The third kappa shape index (κ3) is 4.33. The van der Waals surface area contributed by atoms with Crippen LogP contribution in [0.15, 0.2) is 30.3 Å². The van der Waals surface area contributed by atoms with Gasteiger partial charge in [-0.2, -0.15) is 0 Å². The maximum absolute atomic E-state index is 10.2. The third-order valence-electron chi connectivity index (χ3n) is 3.05. The molecule has 0 aliphatic heterocycles. The molecule has 1 rings (SSSR count). The van der Waals surface area contributed by atoms with Crippen molar-refractivity contribution in [3.8, 4) is 0 Å². The molecule has 16 heavy (non-hydrogen) atoms. The molecule has 2 heteroatoms. The van der Waals surface area contributed by atoms with Gasteiger partial charge in [0.05, 0.1) is 5.60 Å². The highest BCUT2D eigenvalue weighted by Crippen LogP contribution is 2.19. The molecule has 0 amide bonds. The van der Waals surface area contributed by atoms with Crippen LogP contribution in [-0.4, -0.2) is 17.3 Å². The summed E-state index contributed by atoms with van der Waals surface area (Å²) in [5.41, 5.74) is 6.31. The molecule has 1 aromatic rings. The molecule has 0 radical (unpaired) electrons. The summed E-state index contributed by atoms with van der Waals surface area (Å²) in [6, 6.07) is 10.4. The van der Waals surface area contributed by atoms with Gasteiger partial charge >= 0.3 is 0 Å². The zero-order valence-electron chi connectivity index (χ0n) is 10.2. The smallest absolute Gasteiger partial charge is 0.0769 e. The van der Waals surface area contributed by atoms with Crippen molar-refractivity contribution in [2.24, 2.45) is 5.73 Å². The van der Waals surface area contributed by atoms with E-state index >= 15 is 0 Å². The molecule has 1 aromatic carbocycles. The summed E-state index contributed by atoms with van der Waals surface area (Å²) >= 11 is 0. The lowest BCUT2D eigenvalue weighted by molar-refractivity contribution is 0.0290. The van der Waals surface area contributed by atoms with E-state index in [2.05, 4.69) is 31.2 Å². The Hall–Kier alpha value is -0.860. The summed E-state index contributed by atoms with van der Waals surface area (Å²) in [6.45, 7) is 2.45. The van der Waals surface area contributed by atoms with Gasteiger partial charge in [0.25, 0.3) is 0 Å². The fourth-order valence-electron chi connectivity index (χ4n) is 2.06. The number of aliphatic hydroxyl groups is 1. The second-order valence-electron chi connectivity index (χ2n) is 4.52. The van der Waals surface area contributed by atoms with Gasteiger partial charge in [-0.3, -0.25) is 0 Å². The van der Waals surface area contributed by atoms with Gasteiger partial charge in [0.1, 0.15) is 0 Å². The van der Waals surface area contributed by atoms with E-state index in [9.17, 15) is 5.11 Å². The highest BCUT2D eigenvalue weighted by atomic mass is 16.3. The van der Waals surface area contributed by atoms with Crippen molar-refractivity contribution in [2.45, 2.75) is 44.6 Å². The Morgan fingerprint density at radius 2 is 1.88 bits per heavy atom. The zero-order valence-corrected chi connectivity index (χ0v) is 10.2. The van der Waals surface area contributed by atoms with Crippen molar-refractivity contribution in [2.75, 3.05) is 6.54 Å². The highest BCUT2D eigenvalue weighted by molar-refractivity contribution is 5.14. The van der Waals surface area contributed by atoms with Crippen molar-refractivity contribution in [3.05, 3.63) is 35.9 Å². The van der Waals surface area contributed by atoms with Crippen LogP contribution in [0.4, 0.5) is 0 Å². The predicted octanol–water partition coefficient (Wildman–Crippen LogP) is 2.50. The maximum atomic E-state index is 10.2. The van der Waals surface area contributed by atoms with Crippen molar-refractivity contribution in [1.29, 1.82) is 0 Å². The lowest BCUT2D eigenvalue weighted by Gasteiger charge is -2.26. The van der Waals surface area contributed by atoms with Gasteiger partial charge in [-0.05, 0) is 31.2 Å². The molecule has 0 aliphatic rings. The largest absolute Gasteiger partial charge is 0.389 e. The van der Waals surface area contributed by atoms with E-state index in [4.69, 9.17) is 5.73 Å². The van der Waals surface area contributed by atoms with E-state index in [1.165, 1.54) is 5.56 Å². The molecule has 3 N–H and O–H groups in total. The van der Waals surface area contributed by atoms with Crippen molar-refractivity contribution < 1.29 is 5.11 Å². The second-order valence-corrected chi connectivity index (χ2v) is 4.52. The summed E-state index contributed by atoms with van der Waals surface area (Å²) in [7, 11) is 0. The molecular weight excluding hydrogens is 198 g/mol. The average molecular weight is 221 g/mol. The molecule has 1 unspecified atom stereocenters. The van der Waals surface area contributed by atoms with Gasteiger partial charge in [0.15, 0.2) is 0 Å². The Labute approximate surface area is 98.5 Å². The SMILES string of the molecule is CCCC(O)(CN)CCCc1ccccc1. The van der Waals surface area contributed by atoms with Crippen LogP contribution in [-0.2, 0) is 6.42 Å². The average Bonchev–Trinajstić information content (AvgIpc) is 2.31. The van der Waals surface area contributed by atoms with E-state index in [-0.39, 0.29) is 0 Å². The molecule has 0 aromatic heterocycles. The second kappa shape index (κ2) is 6.66. The third-order valence-corrected chi connectivity index (χ3v) is 3.05. The molecular formula is C14H23NO. The number of nitrogens with two attached hydrogens (primary N) is 1. The summed E-state index contributed by atoms with van der Waals surface area (Å²) in [6.07, 6.45) is 4.61. The van der Waals surface area contributed by atoms with Crippen LogP contribution < -0.4 is 5.73 Å². The van der Waals surface area contributed by atoms with E-state index in [0.29, 0.717) is 6.54 Å². The highest BCUT2D eigenvalue weighted by Gasteiger charge is 2.22. The Morgan fingerprint density at radius 3 is 2.44 bits per heavy atom. The van der Waals surface area contributed by atoms with Gasteiger partial charge in [0.2, 0.25) is 0 Å². The molecule has 2 nitrogen and oxygen atoms in total. The molecule has 0 saturated heterocycles. The summed E-state index contributed by atoms with van der Waals surface area (Å²) in [4.78, 5) is 0. The molecule has 90 valence electrons. The molecule has 0 heterocycles. The first-order valence-corrected chi connectivity index (χ1v) is 6.16. The monoisotopic (exact) mass is 221 g/mol. The normalized spacial score (nSPS) is 14.7. The minimum absolute atomic E-state index is 0.371. The van der Waals surface area contributed by atoms with E-state index in [1.54, 1.807) is 0 Å². The van der Waals surface area contributed by atoms with Gasteiger partial charge in [-0.25, -0.2) is 0 Å². The minimum Gasteiger partial charge on any atom is -0.389 e. The summed E-state index contributed by atoms with van der Waals surface area (Å²) in [5, 5.41) is 10.2. The van der Waals surface area contributed by atoms with E-state index < -0.39 is 5.60 Å². The minimum atomic E-state index is -0.649. The first-order valence-electron chi connectivity index (χ1n) is 6.16. The van der Waals surface area contributed by atoms with E-state index in [1.807, 2.05) is 6.07 Å². The van der Waals surface area contributed by atoms with Crippen LogP contribution in [0.3, 0.4) is 0 Å². The topological polar surface area (TPSA) is 46.2 Å². The first kappa shape index (κ1) is 13.2. The number of benzene rings is 1. The molecule has 0 bridgehead atoms. The lowest BCUT2D eigenvalue weighted by Crippen LogP contribution is -2.37. The molecule has 1 atom stereocenters. The van der Waals surface area contributed by atoms with Gasteiger partial charge in [0, 0.05) is 6.54 Å². The lowest BCUT2D eigenvalue weighted by atomic mass is 9.91. The zero-order chi connectivity index (χ0) is 11.9. The number of hydrogen-bond donors (Lipinski definition) is 2. The van der Waals surface area contributed by atoms with E-state index in [0.717, 1.165) is 32.1 Å². The first-order chi connectivity index (χ1) is 7.70. The van der Waals surface area contributed by atoms with Crippen LogP contribution in [0, 0.1) is 0 Å². The van der Waals surface area contributed by atoms with Gasteiger partial charge in [-0.1, -0.05) is 43.7 Å². The van der Waals surface area contributed by atoms with Crippen molar-refractivity contribution in [3.63, 3.8) is 0 Å². The van der Waals surface area contributed by atoms with Crippen LogP contribution in [0.1, 0.15) is 38.2 Å². The quantitative estimate of drug-likeness (QED) is 0.743. The molecule has 0 saturated carbocycles. The Bertz CT molecular complexity index is 286. The number of hydrogen-bond acceptors (Lipinski definition) is 2. The fraction of sp³-hybridized carbons (Fsp3) is 0.571. The Balaban J connectivity index is 2.34. The summed E-state index contributed by atoms with van der Waals surface area (Å²) in [5.74, 6) is 0. The fourth-order valence-corrected chi connectivity index (χ4v) is 2.06. The number of aryl methyl sites for hydroxylation is 1. The molecule has 0 aliphatic carbocycles. The Kier molecular flexibility index (Phi) is 5.50. The Morgan fingerprint density at radius 1 is 1.19 bits per heavy atom. The van der Waals surface area contributed by atoms with Gasteiger partial charge in [-0.15, -0.1) is 0 Å². The maximum Gasteiger partial charge on any atom is 0.0769 e. The predicted molar refractivity (Wildman–Crippen MR) is 68.3 cm³/mol. The number of rotatable bonds is 7. The standard InChI is InChI=1S/C14H23NO/c1-2-10-14(16,12-15)11-6-9-13-7-4-3-5-8-13/h3-5,7-8,16H,2,6,9-12,15H2,1H3. The van der Waals surface area contributed by atoms with Crippen molar-refractivity contribution in [1.82, 2.24) is 0 Å². The van der Waals surface area contributed by atoms with Crippen LogP contribution >= 0.6 is 0 Å². The molecule has 0 spiro atoms. The van der Waals surface area contributed by atoms with Gasteiger partial charge < -0.3 is 10.8 Å². The molecule has 0 fully saturated rings. The van der Waals surface area contributed by atoms with Crippen LogP contribution in [0.25, 0.3) is 0 Å². The van der Waals surface area contributed by atoms with Crippen LogP contribution in [0.5, 0.6) is 0 Å².